The number of rotatable bonds is 5. The van der Waals surface area contributed by atoms with Gasteiger partial charge in [0.05, 0.1) is 29.0 Å². The van der Waals surface area contributed by atoms with Crippen LogP contribution in [0.5, 0.6) is 0 Å². The molecule has 1 N–H and O–H groups in total. The summed E-state index contributed by atoms with van der Waals surface area (Å²) in [5, 5.41) is 17.5. The van der Waals surface area contributed by atoms with Gasteiger partial charge in [0.15, 0.2) is 5.82 Å². The van der Waals surface area contributed by atoms with Crippen molar-refractivity contribution >= 4 is 53.2 Å². The van der Waals surface area contributed by atoms with E-state index < -0.39 is 0 Å². The number of aromatic nitrogens is 5. The van der Waals surface area contributed by atoms with E-state index in [1.165, 1.54) is 4.68 Å². The molecule has 0 aliphatic carbocycles. The van der Waals surface area contributed by atoms with E-state index in [9.17, 15) is 0 Å². The van der Waals surface area contributed by atoms with Crippen LogP contribution in [-0.2, 0) is 6.54 Å². The molecule has 0 unspecified atom stereocenters. The second kappa shape index (κ2) is 8.73. The fourth-order valence-corrected chi connectivity index (χ4v) is 3.89. The standard InChI is InChI=1S/C20H15Cl3N6S/c1-12-16(18(23)28(27-12)11-13-5-3-2-4-6-13)10-24-29-19(25-26-20(29)30)15-8-7-14(21)9-17(15)22/h2-10H,11H2,1H3,(H,26,30)/b24-10+. The third kappa shape index (κ3) is 4.20. The largest absolute Gasteiger partial charge is 0.250 e. The smallest absolute Gasteiger partial charge is 0.216 e. The van der Waals surface area contributed by atoms with E-state index in [0.717, 1.165) is 11.3 Å². The van der Waals surface area contributed by atoms with Crippen LogP contribution in [0.1, 0.15) is 16.8 Å². The highest BCUT2D eigenvalue weighted by atomic mass is 35.5. The van der Waals surface area contributed by atoms with Gasteiger partial charge in [-0.2, -0.15) is 20.0 Å². The molecular formula is C20H15Cl3N6S. The Labute approximate surface area is 192 Å². The van der Waals surface area contributed by atoms with Gasteiger partial charge in [0.25, 0.3) is 0 Å². The number of aromatic amines is 1. The topological polar surface area (TPSA) is 63.8 Å². The number of halogens is 3. The average molecular weight is 478 g/mol. The van der Waals surface area contributed by atoms with Crippen molar-refractivity contribution < 1.29 is 0 Å². The van der Waals surface area contributed by atoms with E-state index >= 15 is 0 Å². The minimum Gasteiger partial charge on any atom is -0.250 e. The van der Waals surface area contributed by atoms with E-state index in [1.807, 2.05) is 37.3 Å². The Bertz CT molecular complexity index is 1290. The Morgan fingerprint density at radius 2 is 1.90 bits per heavy atom. The Balaban J connectivity index is 1.69. The van der Waals surface area contributed by atoms with Crippen LogP contribution in [-0.4, -0.2) is 30.9 Å². The van der Waals surface area contributed by atoms with Crippen LogP contribution in [0.25, 0.3) is 11.4 Å². The molecule has 6 nitrogen and oxygen atoms in total. The number of hydrogen-bond acceptors (Lipinski definition) is 4. The van der Waals surface area contributed by atoms with Gasteiger partial charge in [0.2, 0.25) is 4.77 Å². The van der Waals surface area contributed by atoms with Crippen molar-refractivity contribution in [3.8, 4) is 11.4 Å². The average Bonchev–Trinajstić information content (AvgIpc) is 3.20. The molecule has 4 aromatic rings. The first-order valence-corrected chi connectivity index (χ1v) is 10.4. The molecule has 2 heterocycles. The minimum atomic E-state index is 0.317. The first-order valence-electron chi connectivity index (χ1n) is 8.88. The van der Waals surface area contributed by atoms with Crippen LogP contribution >= 0.6 is 47.0 Å². The third-order valence-corrected chi connectivity index (χ3v) is 5.62. The maximum atomic E-state index is 6.57. The highest BCUT2D eigenvalue weighted by Gasteiger charge is 2.15. The molecule has 0 atom stereocenters. The third-order valence-electron chi connectivity index (χ3n) is 4.41. The number of aryl methyl sites for hydroxylation is 1. The number of benzene rings is 2. The monoisotopic (exact) mass is 476 g/mol. The van der Waals surface area contributed by atoms with E-state index in [-0.39, 0.29) is 0 Å². The first kappa shape index (κ1) is 20.8. The predicted molar refractivity (Wildman–Crippen MR) is 123 cm³/mol. The Kier molecular flexibility index (Phi) is 6.06. The molecule has 10 heteroatoms. The molecule has 0 radical (unpaired) electrons. The zero-order valence-electron chi connectivity index (χ0n) is 15.7. The highest BCUT2D eigenvalue weighted by Crippen LogP contribution is 2.29. The quantitative estimate of drug-likeness (QED) is 0.283. The lowest BCUT2D eigenvalue weighted by Crippen LogP contribution is -2.02. The number of nitrogens with one attached hydrogen (secondary N) is 1. The van der Waals surface area contributed by atoms with Gasteiger partial charge < -0.3 is 0 Å². The first-order chi connectivity index (χ1) is 14.4. The number of nitrogens with zero attached hydrogens (tertiary/aromatic N) is 5. The van der Waals surface area contributed by atoms with Crippen LogP contribution in [0.4, 0.5) is 0 Å². The summed E-state index contributed by atoms with van der Waals surface area (Å²) in [6, 6.07) is 15.1. The second-order valence-corrected chi connectivity index (χ2v) is 8.05. The lowest BCUT2D eigenvalue weighted by Gasteiger charge is -2.04. The van der Waals surface area contributed by atoms with Crippen LogP contribution in [0.2, 0.25) is 15.2 Å². The normalized spacial score (nSPS) is 11.5. The molecule has 0 fully saturated rings. The molecule has 30 heavy (non-hydrogen) atoms. The summed E-state index contributed by atoms with van der Waals surface area (Å²) in [6.45, 7) is 2.44. The van der Waals surface area contributed by atoms with E-state index in [0.29, 0.717) is 43.5 Å². The van der Waals surface area contributed by atoms with Gasteiger partial charge in [0, 0.05) is 10.6 Å². The molecule has 2 aromatic heterocycles. The summed E-state index contributed by atoms with van der Waals surface area (Å²) in [6.07, 6.45) is 1.62. The minimum absolute atomic E-state index is 0.317. The number of H-pyrrole nitrogens is 1. The van der Waals surface area contributed by atoms with Gasteiger partial charge in [-0.15, -0.1) is 0 Å². The maximum absolute atomic E-state index is 6.57. The van der Waals surface area contributed by atoms with Crippen molar-refractivity contribution in [2.24, 2.45) is 5.10 Å². The molecule has 152 valence electrons. The zero-order chi connectivity index (χ0) is 21.3. The zero-order valence-corrected chi connectivity index (χ0v) is 18.8. The van der Waals surface area contributed by atoms with Gasteiger partial charge in [0.1, 0.15) is 5.15 Å². The lowest BCUT2D eigenvalue weighted by molar-refractivity contribution is 0.680. The van der Waals surface area contributed by atoms with Gasteiger partial charge in [-0.05, 0) is 42.9 Å². The van der Waals surface area contributed by atoms with Crippen LogP contribution in [0.15, 0.2) is 53.6 Å². The van der Waals surface area contributed by atoms with Crippen LogP contribution in [0.3, 0.4) is 0 Å². The molecule has 2 aromatic carbocycles. The molecule has 0 bridgehead atoms. The molecule has 0 aliphatic rings. The van der Waals surface area contributed by atoms with Crippen molar-refractivity contribution in [2.75, 3.05) is 0 Å². The molecule has 0 saturated carbocycles. The van der Waals surface area contributed by atoms with Crippen molar-refractivity contribution in [3.63, 3.8) is 0 Å². The van der Waals surface area contributed by atoms with E-state index in [4.69, 9.17) is 47.0 Å². The molecule has 0 spiro atoms. The van der Waals surface area contributed by atoms with Gasteiger partial charge >= 0.3 is 0 Å². The summed E-state index contributed by atoms with van der Waals surface area (Å²) in [5.41, 5.74) is 3.19. The fraction of sp³-hybridized carbons (Fsp3) is 0.100. The SMILES string of the molecule is Cc1nn(Cc2ccccc2)c(Cl)c1/C=N/n1c(-c2ccc(Cl)cc2Cl)n[nH]c1=S. The van der Waals surface area contributed by atoms with Gasteiger partial charge in [-0.3, -0.25) is 0 Å². The Hall–Kier alpha value is -2.45. The van der Waals surface area contributed by atoms with E-state index in [2.05, 4.69) is 20.4 Å². The van der Waals surface area contributed by atoms with Gasteiger partial charge in [-0.1, -0.05) is 65.1 Å². The predicted octanol–water partition coefficient (Wildman–Crippen LogP) is 6.00. The summed E-state index contributed by atoms with van der Waals surface area (Å²) in [4.78, 5) is 0. The van der Waals surface area contributed by atoms with Crippen molar-refractivity contribution in [1.29, 1.82) is 0 Å². The van der Waals surface area contributed by atoms with E-state index in [1.54, 1.807) is 29.1 Å². The summed E-state index contributed by atoms with van der Waals surface area (Å²) >= 11 is 24.2. The molecular weight excluding hydrogens is 463 g/mol. The molecule has 4 rings (SSSR count). The van der Waals surface area contributed by atoms with Crippen molar-refractivity contribution in [3.05, 3.63) is 85.3 Å². The van der Waals surface area contributed by atoms with Crippen LogP contribution < -0.4 is 0 Å². The van der Waals surface area contributed by atoms with Crippen molar-refractivity contribution in [2.45, 2.75) is 13.5 Å². The number of hydrogen-bond donors (Lipinski definition) is 1. The van der Waals surface area contributed by atoms with Crippen LogP contribution in [0, 0.1) is 11.7 Å². The molecule has 0 amide bonds. The summed E-state index contributed by atoms with van der Waals surface area (Å²) in [7, 11) is 0. The lowest BCUT2D eigenvalue weighted by atomic mass is 10.2. The summed E-state index contributed by atoms with van der Waals surface area (Å²) in [5.74, 6) is 0.461. The summed E-state index contributed by atoms with van der Waals surface area (Å²) < 4.78 is 3.53. The van der Waals surface area contributed by atoms with Gasteiger partial charge in [-0.25, -0.2) is 9.78 Å². The maximum Gasteiger partial charge on any atom is 0.216 e. The fourth-order valence-electron chi connectivity index (χ4n) is 2.93. The Morgan fingerprint density at radius 1 is 1.13 bits per heavy atom. The van der Waals surface area contributed by atoms with Crippen molar-refractivity contribution in [1.82, 2.24) is 24.7 Å². The Morgan fingerprint density at radius 3 is 2.63 bits per heavy atom. The molecule has 0 aliphatic heterocycles. The highest BCUT2D eigenvalue weighted by molar-refractivity contribution is 7.71. The molecule has 0 saturated heterocycles. The second-order valence-electron chi connectivity index (χ2n) is 6.47.